The van der Waals surface area contributed by atoms with Crippen LogP contribution in [-0.2, 0) is 17.9 Å². The standard InChI is InChI=1S/C19H30N2O3/c1-3-5-7-9-11-21-14-16-13-17(24-18(16)20-19(21)22)15-23-12-10-8-6-4-2/h13-14H,3-12,15H2,1-2H3. The van der Waals surface area contributed by atoms with Crippen molar-refractivity contribution in [1.82, 2.24) is 9.55 Å². The van der Waals surface area contributed by atoms with Gasteiger partial charge < -0.3 is 9.15 Å². The lowest BCUT2D eigenvalue weighted by atomic mass is 10.2. The molecular weight excluding hydrogens is 304 g/mol. The Labute approximate surface area is 144 Å². The van der Waals surface area contributed by atoms with Gasteiger partial charge in [-0.25, -0.2) is 4.79 Å². The summed E-state index contributed by atoms with van der Waals surface area (Å²) in [4.78, 5) is 16.1. The number of aromatic nitrogens is 2. The molecule has 0 saturated heterocycles. The van der Waals surface area contributed by atoms with Gasteiger partial charge in [0, 0.05) is 19.3 Å². The number of aryl methyl sites for hydroxylation is 1. The summed E-state index contributed by atoms with van der Waals surface area (Å²) in [5.74, 6) is 0.733. The van der Waals surface area contributed by atoms with Gasteiger partial charge in [-0.2, -0.15) is 4.98 Å². The quantitative estimate of drug-likeness (QED) is 0.529. The topological polar surface area (TPSA) is 57.3 Å². The second-order valence-electron chi connectivity index (χ2n) is 6.36. The summed E-state index contributed by atoms with van der Waals surface area (Å²) < 4.78 is 13.0. The summed E-state index contributed by atoms with van der Waals surface area (Å²) in [7, 11) is 0. The number of nitrogens with zero attached hydrogens (tertiary/aromatic N) is 2. The van der Waals surface area contributed by atoms with Crippen molar-refractivity contribution in [2.45, 2.75) is 78.4 Å². The Balaban J connectivity index is 1.89. The summed E-state index contributed by atoms with van der Waals surface area (Å²) in [6.45, 7) is 6.28. The fraction of sp³-hybridized carbons (Fsp3) is 0.684. The number of fused-ring (bicyclic) bond motifs is 1. The van der Waals surface area contributed by atoms with Crippen LogP contribution in [0.4, 0.5) is 0 Å². The lowest BCUT2D eigenvalue weighted by Crippen LogP contribution is -2.21. The maximum Gasteiger partial charge on any atom is 0.350 e. The molecule has 0 N–H and O–H groups in total. The number of hydrogen-bond donors (Lipinski definition) is 0. The summed E-state index contributed by atoms with van der Waals surface area (Å²) in [5.41, 5.74) is 0.176. The van der Waals surface area contributed by atoms with Crippen LogP contribution in [0, 0.1) is 0 Å². The molecular formula is C19H30N2O3. The van der Waals surface area contributed by atoms with Gasteiger partial charge in [0.25, 0.3) is 0 Å². The average Bonchev–Trinajstić information content (AvgIpc) is 2.96. The van der Waals surface area contributed by atoms with Crippen LogP contribution in [-0.4, -0.2) is 16.2 Å². The van der Waals surface area contributed by atoms with Gasteiger partial charge >= 0.3 is 5.69 Å². The largest absolute Gasteiger partial charge is 0.440 e. The highest BCUT2D eigenvalue weighted by Gasteiger charge is 2.08. The van der Waals surface area contributed by atoms with Gasteiger partial charge in [-0.05, 0) is 18.9 Å². The maximum atomic E-state index is 12.0. The lowest BCUT2D eigenvalue weighted by Gasteiger charge is -2.03. The Morgan fingerprint density at radius 1 is 1.08 bits per heavy atom. The number of rotatable bonds is 12. The van der Waals surface area contributed by atoms with Crippen molar-refractivity contribution in [2.24, 2.45) is 0 Å². The molecule has 2 aromatic heterocycles. The average molecular weight is 334 g/mol. The van der Waals surface area contributed by atoms with Crippen LogP contribution in [0.2, 0.25) is 0 Å². The predicted molar refractivity (Wildman–Crippen MR) is 96.2 cm³/mol. The Bertz CT molecular complexity index is 660. The van der Waals surface area contributed by atoms with Gasteiger partial charge in [-0.1, -0.05) is 52.4 Å². The van der Waals surface area contributed by atoms with Gasteiger partial charge in [0.2, 0.25) is 5.71 Å². The number of furan rings is 1. The first kappa shape index (κ1) is 18.7. The Hall–Kier alpha value is -1.62. The van der Waals surface area contributed by atoms with Gasteiger partial charge in [0.1, 0.15) is 12.4 Å². The van der Waals surface area contributed by atoms with E-state index >= 15 is 0 Å². The highest BCUT2D eigenvalue weighted by molar-refractivity contribution is 5.72. The van der Waals surface area contributed by atoms with Gasteiger partial charge in [-0.3, -0.25) is 4.57 Å². The molecule has 134 valence electrons. The van der Waals surface area contributed by atoms with Crippen LogP contribution in [0.1, 0.15) is 71.0 Å². The predicted octanol–water partition coefficient (Wildman–Crippen LogP) is 4.67. The van der Waals surface area contributed by atoms with E-state index < -0.39 is 0 Å². The molecule has 0 aliphatic heterocycles. The summed E-state index contributed by atoms with van der Waals surface area (Å²) >= 11 is 0. The van der Waals surface area contributed by atoms with Crippen molar-refractivity contribution in [3.05, 3.63) is 28.5 Å². The third kappa shape index (κ3) is 5.78. The van der Waals surface area contributed by atoms with E-state index in [-0.39, 0.29) is 5.69 Å². The van der Waals surface area contributed by atoms with E-state index in [2.05, 4.69) is 18.8 Å². The van der Waals surface area contributed by atoms with Crippen molar-refractivity contribution in [3.8, 4) is 0 Å². The van der Waals surface area contributed by atoms with Crippen LogP contribution >= 0.6 is 0 Å². The van der Waals surface area contributed by atoms with Crippen molar-refractivity contribution >= 4 is 11.1 Å². The number of ether oxygens (including phenoxy) is 1. The van der Waals surface area contributed by atoms with Crippen LogP contribution in [0.3, 0.4) is 0 Å². The highest BCUT2D eigenvalue weighted by atomic mass is 16.5. The molecule has 0 aliphatic rings. The minimum Gasteiger partial charge on any atom is -0.440 e. The van der Waals surface area contributed by atoms with Crippen molar-refractivity contribution in [3.63, 3.8) is 0 Å². The zero-order valence-electron chi connectivity index (χ0n) is 15.1. The summed E-state index contributed by atoms with van der Waals surface area (Å²) in [5, 5.41) is 0.870. The smallest absolute Gasteiger partial charge is 0.350 e. The fourth-order valence-corrected chi connectivity index (χ4v) is 2.75. The zero-order valence-corrected chi connectivity index (χ0v) is 15.1. The molecule has 5 heteroatoms. The molecule has 0 bridgehead atoms. The Kier molecular flexibility index (Phi) is 8.02. The monoisotopic (exact) mass is 334 g/mol. The van der Waals surface area contributed by atoms with E-state index in [1.807, 2.05) is 12.3 Å². The normalized spacial score (nSPS) is 11.4. The van der Waals surface area contributed by atoms with Crippen LogP contribution in [0.15, 0.2) is 21.5 Å². The first-order valence-corrected chi connectivity index (χ1v) is 9.32. The van der Waals surface area contributed by atoms with Gasteiger partial charge in [0.05, 0.1) is 5.39 Å². The molecule has 0 radical (unpaired) electrons. The summed E-state index contributed by atoms with van der Waals surface area (Å²) in [6.07, 6.45) is 11.2. The van der Waals surface area contributed by atoms with Gasteiger partial charge in [0.15, 0.2) is 0 Å². The third-order valence-corrected chi connectivity index (χ3v) is 4.17. The van der Waals surface area contributed by atoms with Crippen molar-refractivity contribution in [2.75, 3.05) is 6.61 Å². The second-order valence-corrected chi connectivity index (χ2v) is 6.36. The molecule has 0 fully saturated rings. The van der Waals surface area contributed by atoms with Crippen LogP contribution in [0.25, 0.3) is 11.1 Å². The number of hydrogen-bond acceptors (Lipinski definition) is 4. The van der Waals surface area contributed by atoms with E-state index in [0.29, 0.717) is 12.3 Å². The second kappa shape index (κ2) is 10.3. The molecule has 0 unspecified atom stereocenters. The van der Waals surface area contributed by atoms with Crippen LogP contribution in [0.5, 0.6) is 0 Å². The first-order chi connectivity index (χ1) is 11.7. The highest BCUT2D eigenvalue weighted by Crippen LogP contribution is 2.17. The van der Waals surface area contributed by atoms with Gasteiger partial charge in [-0.15, -0.1) is 0 Å². The van der Waals surface area contributed by atoms with E-state index in [9.17, 15) is 4.79 Å². The molecule has 0 atom stereocenters. The zero-order chi connectivity index (χ0) is 17.2. The maximum absolute atomic E-state index is 12.0. The Morgan fingerprint density at radius 3 is 2.58 bits per heavy atom. The molecule has 0 saturated carbocycles. The molecule has 2 aromatic rings. The van der Waals surface area contributed by atoms with Crippen LogP contribution < -0.4 is 5.69 Å². The minimum absolute atomic E-state index is 0.236. The first-order valence-electron chi connectivity index (χ1n) is 9.32. The molecule has 5 nitrogen and oxygen atoms in total. The molecule has 24 heavy (non-hydrogen) atoms. The van der Waals surface area contributed by atoms with Crippen molar-refractivity contribution < 1.29 is 9.15 Å². The molecule has 0 amide bonds. The number of unbranched alkanes of at least 4 members (excludes halogenated alkanes) is 6. The van der Waals surface area contributed by atoms with E-state index in [4.69, 9.17) is 9.15 Å². The minimum atomic E-state index is -0.236. The SMILES string of the molecule is CCCCCCOCc1cc2cn(CCCCCC)c(=O)nc2o1. The summed E-state index contributed by atoms with van der Waals surface area (Å²) in [6, 6.07) is 1.93. The third-order valence-electron chi connectivity index (χ3n) is 4.17. The fourth-order valence-electron chi connectivity index (χ4n) is 2.75. The molecule has 2 heterocycles. The molecule has 0 aromatic carbocycles. The van der Waals surface area contributed by atoms with E-state index in [1.54, 1.807) is 4.57 Å². The molecule has 0 spiro atoms. The van der Waals surface area contributed by atoms with E-state index in [0.717, 1.165) is 43.6 Å². The lowest BCUT2D eigenvalue weighted by molar-refractivity contribution is 0.103. The molecule has 2 rings (SSSR count). The van der Waals surface area contributed by atoms with E-state index in [1.165, 1.54) is 32.1 Å². The molecule has 0 aliphatic carbocycles. The van der Waals surface area contributed by atoms with Crippen molar-refractivity contribution in [1.29, 1.82) is 0 Å². The Morgan fingerprint density at radius 2 is 1.83 bits per heavy atom.